The summed E-state index contributed by atoms with van der Waals surface area (Å²) < 4.78 is 23.8. The van der Waals surface area contributed by atoms with E-state index >= 15 is 0 Å². The zero-order valence-electron chi connectivity index (χ0n) is 12.7. The second-order valence-electron chi connectivity index (χ2n) is 4.84. The lowest BCUT2D eigenvalue weighted by Crippen LogP contribution is -2.18. The maximum atomic E-state index is 13.6. The van der Waals surface area contributed by atoms with Crippen LogP contribution in [0.15, 0.2) is 36.4 Å². The molecular weight excluding hydrogens is 269 g/mol. The van der Waals surface area contributed by atoms with E-state index in [0.717, 1.165) is 22.4 Å². The molecule has 0 aliphatic carbocycles. The van der Waals surface area contributed by atoms with Gasteiger partial charge in [-0.15, -0.1) is 0 Å². The van der Waals surface area contributed by atoms with E-state index in [9.17, 15) is 4.39 Å². The molecule has 2 rings (SSSR count). The highest BCUT2D eigenvalue weighted by Crippen LogP contribution is 2.30. The molecule has 1 unspecified atom stereocenters. The van der Waals surface area contributed by atoms with Crippen LogP contribution in [-0.2, 0) is 0 Å². The zero-order valence-corrected chi connectivity index (χ0v) is 12.7. The van der Waals surface area contributed by atoms with Crippen LogP contribution in [0.2, 0.25) is 0 Å². The van der Waals surface area contributed by atoms with Crippen molar-refractivity contribution in [2.75, 3.05) is 21.3 Å². The quantitative estimate of drug-likeness (QED) is 0.914. The molecule has 0 spiro atoms. The van der Waals surface area contributed by atoms with Gasteiger partial charge in [-0.3, -0.25) is 0 Å². The average molecular weight is 289 g/mol. The van der Waals surface area contributed by atoms with Crippen LogP contribution < -0.4 is 14.8 Å². The number of rotatable bonds is 5. The molecule has 0 fully saturated rings. The van der Waals surface area contributed by atoms with Gasteiger partial charge in [0.15, 0.2) is 11.6 Å². The summed E-state index contributed by atoms with van der Waals surface area (Å²) in [5.41, 5.74) is 3.17. The van der Waals surface area contributed by atoms with Gasteiger partial charge in [0.25, 0.3) is 0 Å². The van der Waals surface area contributed by atoms with E-state index in [4.69, 9.17) is 9.47 Å². The van der Waals surface area contributed by atoms with Crippen LogP contribution in [0.4, 0.5) is 4.39 Å². The largest absolute Gasteiger partial charge is 0.497 e. The van der Waals surface area contributed by atoms with Gasteiger partial charge < -0.3 is 14.8 Å². The van der Waals surface area contributed by atoms with Crippen molar-refractivity contribution >= 4 is 0 Å². The summed E-state index contributed by atoms with van der Waals surface area (Å²) in [6, 6.07) is 10.8. The van der Waals surface area contributed by atoms with E-state index in [1.54, 1.807) is 19.2 Å². The van der Waals surface area contributed by atoms with E-state index in [0.29, 0.717) is 0 Å². The first-order valence-electron chi connectivity index (χ1n) is 6.76. The summed E-state index contributed by atoms with van der Waals surface area (Å²) in [5, 5.41) is 3.26. The van der Waals surface area contributed by atoms with Crippen LogP contribution in [-0.4, -0.2) is 21.3 Å². The lowest BCUT2D eigenvalue weighted by Gasteiger charge is -2.20. The lowest BCUT2D eigenvalue weighted by atomic mass is 9.94. The standard InChI is InChI=1S/C17H20FNO2/c1-11-9-13(20-3)6-7-14(11)17(19-2)12-5-8-15(18)16(10-12)21-4/h5-10,17,19H,1-4H3. The summed E-state index contributed by atoms with van der Waals surface area (Å²) in [4.78, 5) is 0. The smallest absolute Gasteiger partial charge is 0.165 e. The third kappa shape index (κ3) is 3.16. The van der Waals surface area contributed by atoms with Gasteiger partial charge in [-0.25, -0.2) is 4.39 Å². The summed E-state index contributed by atoms with van der Waals surface area (Å²) in [7, 11) is 4.99. The van der Waals surface area contributed by atoms with Crippen molar-refractivity contribution in [1.29, 1.82) is 0 Å². The van der Waals surface area contributed by atoms with Crippen molar-refractivity contribution in [3.05, 3.63) is 58.9 Å². The molecule has 0 bridgehead atoms. The molecule has 0 heterocycles. The Labute approximate surface area is 124 Å². The lowest BCUT2D eigenvalue weighted by molar-refractivity contribution is 0.385. The number of methoxy groups -OCH3 is 2. The molecule has 0 amide bonds. The Morgan fingerprint density at radius 1 is 1.05 bits per heavy atom. The first kappa shape index (κ1) is 15.3. The number of ether oxygens (including phenoxy) is 2. The van der Waals surface area contributed by atoms with Crippen molar-refractivity contribution in [3.8, 4) is 11.5 Å². The Balaban J connectivity index is 2.44. The van der Waals surface area contributed by atoms with E-state index in [1.165, 1.54) is 13.2 Å². The van der Waals surface area contributed by atoms with Gasteiger partial charge in [0.1, 0.15) is 5.75 Å². The van der Waals surface area contributed by atoms with Crippen molar-refractivity contribution in [3.63, 3.8) is 0 Å². The highest BCUT2D eigenvalue weighted by molar-refractivity contribution is 5.43. The number of nitrogens with one attached hydrogen (secondary N) is 1. The fourth-order valence-corrected chi connectivity index (χ4v) is 2.46. The average Bonchev–Trinajstić information content (AvgIpc) is 2.50. The van der Waals surface area contributed by atoms with Crippen molar-refractivity contribution < 1.29 is 13.9 Å². The minimum Gasteiger partial charge on any atom is -0.497 e. The maximum absolute atomic E-state index is 13.6. The molecule has 0 aromatic heterocycles. The van der Waals surface area contributed by atoms with Gasteiger partial charge in [-0.05, 0) is 54.9 Å². The Bertz CT molecular complexity index is 628. The van der Waals surface area contributed by atoms with Gasteiger partial charge >= 0.3 is 0 Å². The molecule has 2 aromatic carbocycles. The van der Waals surface area contributed by atoms with Crippen molar-refractivity contribution in [2.45, 2.75) is 13.0 Å². The first-order chi connectivity index (χ1) is 10.1. The highest BCUT2D eigenvalue weighted by atomic mass is 19.1. The number of hydrogen-bond acceptors (Lipinski definition) is 3. The monoisotopic (exact) mass is 289 g/mol. The van der Waals surface area contributed by atoms with Gasteiger partial charge in [0, 0.05) is 0 Å². The van der Waals surface area contributed by atoms with Crippen LogP contribution >= 0.6 is 0 Å². The third-order valence-corrected chi connectivity index (χ3v) is 3.59. The van der Waals surface area contributed by atoms with Crippen LogP contribution in [0.5, 0.6) is 11.5 Å². The molecule has 2 aromatic rings. The summed E-state index contributed by atoms with van der Waals surface area (Å²) >= 11 is 0. The predicted octanol–water partition coefficient (Wildman–Crippen LogP) is 3.46. The number of benzene rings is 2. The van der Waals surface area contributed by atoms with E-state index in [1.807, 2.05) is 32.2 Å². The minimum absolute atomic E-state index is 0.0367. The minimum atomic E-state index is -0.359. The number of halogens is 1. The molecule has 0 radical (unpaired) electrons. The van der Waals surface area contributed by atoms with Gasteiger partial charge in [-0.2, -0.15) is 0 Å². The molecule has 0 aliphatic rings. The number of hydrogen-bond donors (Lipinski definition) is 1. The molecule has 3 nitrogen and oxygen atoms in total. The normalized spacial score (nSPS) is 12.0. The van der Waals surface area contributed by atoms with Crippen molar-refractivity contribution in [1.82, 2.24) is 5.32 Å². The Kier molecular flexibility index (Phi) is 4.81. The van der Waals surface area contributed by atoms with Crippen LogP contribution in [0.3, 0.4) is 0 Å². The van der Waals surface area contributed by atoms with E-state index in [-0.39, 0.29) is 17.6 Å². The second-order valence-corrected chi connectivity index (χ2v) is 4.84. The second kappa shape index (κ2) is 6.59. The van der Waals surface area contributed by atoms with Gasteiger partial charge in [0.2, 0.25) is 0 Å². The third-order valence-electron chi connectivity index (χ3n) is 3.59. The molecule has 21 heavy (non-hydrogen) atoms. The van der Waals surface area contributed by atoms with Crippen LogP contribution in [0.1, 0.15) is 22.7 Å². The molecule has 1 N–H and O–H groups in total. The maximum Gasteiger partial charge on any atom is 0.165 e. The summed E-state index contributed by atoms with van der Waals surface area (Å²) in [6.45, 7) is 2.03. The van der Waals surface area contributed by atoms with Crippen LogP contribution in [0.25, 0.3) is 0 Å². The SMILES string of the molecule is CNC(c1ccc(F)c(OC)c1)c1ccc(OC)cc1C. The number of aryl methyl sites for hydroxylation is 1. The molecule has 0 aliphatic heterocycles. The molecule has 0 saturated carbocycles. The fourth-order valence-electron chi connectivity index (χ4n) is 2.46. The molecule has 112 valence electrons. The molecule has 4 heteroatoms. The van der Waals surface area contributed by atoms with Gasteiger partial charge in [-0.1, -0.05) is 12.1 Å². The zero-order chi connectivity index (χ0) is 15.4. The Hall–Kier alpha value is -2.07. The van der Waals surface area contributed by atoms with Gasteiger partial charge in [0.05, 0.1) is 20.3 Å². The molecular formula is C17H20FNO2. The first-order valence-corrected chi connectivity index (χ1v) is 6.76. The Morgan fingerprint density at radius 2 is 1.81 bits per heavy atom. The fraction of sp³-hybridized carbons (Fsp3) is 0.294. The molecule has 0 saturated heterocycles. The topological polar surface area (TPSA) is 30.5 Å². The van der Waals surface area contributed by atoms with E-state index < -0.39 is 0 Å². The van der Waals surface area contributed by atoms with E-state index in [2.05, 4.69) is 5.32 Å². The predicted molar refractivity (Wildman–Crippen MR) is 81.6 cm³/mol. The summed E-state index contributed by atoms with van der Waals surface area (Å²) in [5.74, 6) is 0.712. The van der Waals surface area contributed by atoms with Crippen LogP contribution in [0, 0.1) is 12.7 Å². The molecule has 1 atom stereocenters. The van der Waals surface area contributed by atoms with Crippen molar-refractivity contribution in [2.24, 2.45) is 0 Å². The summed E-state index contributed by atoms with van der Waals surface area (Å²) in [6.07, 6.45) is 0. The highest BCUT2D eigenvalue weighted by Gasteiger charge is 2.16. The Morgan fingerprint density at radius 3 is 2.38 bits per heavy atom.